The summed E-state index contributed by atoms with van der Waals surface area (Å²) in [6.45, 7) is 8.93. The summed E-state index contributed by atoms with van der Waals surface area (Å²) in [5.74, 6) is 3.02. The van der Waals surface area contributed by atoms with Crippen molar-refractivity contribution in [2.24, 2.45) is 5.41 Å². The van der Waals surface area contributed by atoms with Crippen LogP contribution >= 0.6 is 11.6 Å². The molecule has 0 aliphatic carbocycles. The Morgan fingerprint density at radius 2 is 1.83 bits per heavy atom. The van der Waals surface area contributed by atoms with Crippen molar-refractivity contribution in [3.8, 4) is 5.69 Å². The third-order valence-corrected chi connectivity index (χ3v) is 6.80. The molecule has 1 spiro atoms. The van der Waals surface area contributed by atoms with Crippen LogP contribution < -0.4 is 9.80 Å². The number of fused-ring (bicyclic) bond motifs is 3. The van der Waals surface area contributed by atoms with Gasteiger partial charge in [-0.15, -0.1) is 10.2 Å². The predicted molar refractivity (Wildman–Crippen MR) is 117 cm³/mol. The summed E-state index contributed by atoms with van der Waals surface area (Å²) >= 11 is 6.31. The predicted octanol–water partition coefficient (Wildman–Crippen LogP) is 2.98. The van der Waals surface area contributed by atoms with Crippen LogP contribution in [0.1, 0.15) is 18.3 Å². The topological polar surface area (TPSA) is 53.3 Å². The van der Waals surface area contributed by atoms with Gasteiger partial charge in [0.05, 0.1) is 12.2 Å². The van der Waals surface area contributed by atoms with Crippen LogP contribution in [0, 0.1) is 5.41 Å². The minimum absolute atomic E-state index is 0.340. The van der Waals surface area contributed by atoms with Crippen LogP contribution in [0.3, 0.4) is 0 Å². The highest BCUT2D eigenvalue weighted by Gasteiger charge is 2.53. The van der Waals surface area contributed by atoms with Gasteiger partial charge in [0.2, 0.25) is 5.95 Å². The Kier molecular flexibility index (Phi) is 4.05. The Morgan fingerprint density at radius 3 is 2.60 bits per heavy atom. The standard InChI is InChI=1S/C22H24ClN7/c1-2-27-10-16-9-17(23)6-7-18(16)30-20(11-27)25-26-21(30)29-14-22(15-29)12-28(13-22)19-5-3-4-8-24-19/h3-9H,2,10-15H2,1H3. The smallest absolute Gasteiger partial charge is 0.231 e. The highest BCUT2D eigenvalue weighted by atomic mass is 35.5. The van der Waals surface area contributed by atoms with Gasteiger partial charge in [-0.05, 0) is 42.4 Å². The van der Waals surface area contributed by atoms with E-state index in [0.29, 0.717) is 5.41 Å². The zero-order valence-corrected chi connectivity index (χ0v) is 17.8. The highest BCUT2D eigenvalue weighted by Crippen LogP contribution is 2.43. The van der Waals surface area contributed by atoms with Crippen LogP contribution in [0.25, 0.3) is 5.69 Å². The van der Waals surface area contributed by atoms with E-state index in [9.17, 15) is 0 Å². The van der Waals surface area contributed by atoms with Crippen LogP contribution in [-0.2, 0) is 13.1 Å². The Balaban J connectivity index is 1.26. The van der Waals surface area contributed by atoms with Gasteiger partial charge in [-0.1, -0.05) is 24.6 Å². The number of aromatic nitrogens is 4. The maximum Gasteiger partial charge on any atom is 0.231 e. The summed E-state index contributed by atoms with van der Waals surface area (Å²) in [6, 6.07) is 12.2. The monoisotopic (exact) mass is 421 g/mol. The summed E-state index contributed by atoms with van der Waals surface area (Å²) in [5.41, 5.74) is 2.71. The molecule has 0 N–H and O–H groups in total. The van der Waals surface area contributed by atoms with Gasteiger partial charge >= 0.3 is 0 Å². The minimum Gasteiger partial charge on any atom is -0.355 e. The molecule has 3 aliphatic rings. The number of anilines is 2. The van der Waals surface area contributed by atoms with E-state index in [2.05, 4.69) is 65.6 Å². The van der Waals surface area contributed by atoms with Gasteiger partial charge in [-0.25, -0.2) is 4.98 Å². The first-order valence-corrected chi connectivity index (χ1v) is 10.9. The molecule has 0 bridgehead atoms. The quantitative estimate of drug-likeness (QED) is 0.648. The summed E-state index contributed by atoms with van der Waals surface area (Å²) < 4.78 is 2.24. The van der Waals surface area contributed by atoms with E-state index < -0.39 is 0 Å². The van der Waals surface area contributed by atoms with E-state index in [4.69, 9.17) is 11.6 Å². The van der Waals surface area contributed by atoms with Crippen LogP contribution in [-0.4, -0.2) is 57.4 Å². The molecule has 0 amide bonds. The second-order valence-corrected chi connectivity index (χ2v) is 9.16. The average Bonchev–Trinajstić information content (AvgIpc) is 3.02. The van der Waals surface area contributed by atoms with Gasteiger partial charge in [0.15, 0.2) is 5.82 Å². The van der Waals surface area contributed by atoms with Gasteiger partial charge in [0, 0.05) is 49.4 Å². The molecular weight excluding hydrogens is 398 g/mol. The minimum atomic E-state index is 0.340. The first kappa shape index (κ1) is 18.2. The number of rotatable bonds is 3. The maximum atomic E-state index is 6.31. The van der Waals surface area contributed by atoms with E-state index in [1.807, 2.05) is 18.3 Å². The van der Waals surface area contributed by atoms with Gasteiger partial charge in [-0.3, -0.25) is 9.47 Å². The lowest BCUT2D eigenvalue weighted by atomic mass is 9.73. The molecule has 2 saturated heterocycles. The Labute approximate surface area is 180 Å². The van der Waals surface area contributed by atoms with Gasteiger partial charge in [0.1, 0.15) is 5.82 Å². The van der Waals surface area contributed by atoms with E-state index >= 15 is 0 Å². The normalized spacial score (nSPS) is 19.7. The van der Waals surface area contributed by atoms with Crippen molar-refractivity contribution < 1.29 is 0 Å². The summed E-state index contributed by atoms with van der Waals surface area (Å²) in [5, 5.41) is 9.95. The third kappa shape index (κ3) is 2.80. The molecule has 8 heteroatoms. The number of pyridine rings is 1. The lowest BCUT2D eigenvalue weighted by Crippen LogP contribution is -2.73. The molecular formula is C22H24ClN7. The van der Waals surface area contributed by atoms with E-state index in [1.54, 1.807) is 0 Å². The first-order chi connectivity index (χ1) is 14.6. The second-order valence-electron chi connectivity index (χ2n) is 8.73. The van der Waals surface area contributed by atoms with Crippen molar-refractivity contribution in [2.75, 3.05) is 42.5 Å². The van der Waals surface area contributed by atoms with Crippen LogP contribution in [0.5, 0.6) is 0 Å². The van der Waals surface area contributed by atoms with Crippen molar-refractivity contribution in [3.63, 3.8) is 0 Å². The molecule has 30 heavy (non-hydrogen) atoms. The number of benzene rings is 1. The van der Waals surface area contributed by atoms with Crippen molar-refractivity contribution in [2.45, 2.75) is 20.0 Å². The lowest BCUT2D eigenvalue weighted by Gasteiger charge is -2.60. The molecule has 0 radical (unpaired) electrons. The molecule has 0 unspecified atom stereocenters. The molecule has 5 heterocycles. The van der Waals surface area contributed by atoms with Crippen molar-refractivity contribution >= 4 is 23.4 Å². The molecule has 6 rings (SSSR count). The average molecular weight is 422 g/mol. The molecule has 2 aromatic heterocycles. The van der Waals surface area contributed by atoms with E-state index in [-0.39, 0.29) is 0 Å². The summed E-state index contributed by atoms with van der Waals surface area (Å²) in [6.07, 6.45) is 1.86. The SMILES string of the molecule is CCN1Cc2cc(Cl)ccc2-n2c(nnc2N2CC3(CN(c4ccccn4)C3)C2)C1. The molecule has 3 aliphatic heterocycles. The third-order valence-electron chi connectivity index (χ3n) is 6.56. The largest absolute Gasteiger partial charge is 0.355 e. The number of hydrogen-bond acceptors (Lipinski definition) is 6. The van der Waals surface area contributed by atoms with Gasteiger partial charge in [0.25, 0.3) is 0 Å². The molecule has 7 nitrogen and oxygen atoms in total. The number of nitrogens with zero attached hydrogens (tertiary/aromatic N) is 7. The van der Waals surface area contributed by atoms with Crippen molar-refractivity contribution in [3.05, 3.63) is 59.0 Å². The Hall–Kier alpha value is -2.64. The number of halogens is 1. The highest BCUT2D eigenvalue weighted by molar-refractivity contribution is 6.30. The molecule has 0 atom stereocenters. The van der Waals surface area contributed by atoms with E-state index in [0.717, 1.165) is 74.1 Å². The Morgan fingerprint density at radius 1 is 1.00 bits per heavy atom. The molecule has 3 aromatic rings. The first-order valence-electron chi connectivity index (χ1n) is 10.5. The molecule has 154 valence electrons. The fraction of sp³-hybridized carbons (Fsp3) is 0.409. The van der Waals surface area contributed by atoms with E-state index in [1.165, 1.54) is 5.56 Å². The van der Waals surface area contributed by atoms with Gasteiger partial charge < -0.3 is 9.80 Å². The molecule has 2 fully saturated rings. The van der Waals surface area contributed by atoms with Crippen molar-refractivity contribution in [1.29, 1.82) is 0 Å². The van der Waals surface area contributed by atoms with Crippen molar-refractivity contribution in [1.82, 2.24) is 24.6 Å². The van der Waals surface area contributed by atoms with Crippen LogP contribution in [0.4, 0.5) is 11.8 Å². The number of hydrogen-bond donors (Lipinski definition) is 0. The maximum absolute atomic E-state index is 6.31. The Bertz CT molecular complexity index is 1080. The summed E-state index contributed by atoms with van der Waals surface area (Å²) in [7, 11) is 0. The van der Waals surface area contributed by atoms with Gasteiger partial charge in [-0.2, -0.15) is 0 Å². The lowest BCUT2D eigenvalue weighted by molar-refractivity contribution is 0.153. The fourth-order valence-corrected chi connectivity index (χ4v) is 5.25. The van der Waals surface area contributed by atoms with Crippen LogP contribution in [0.2, 0.25) is 5.02 Å². The zero-order valence-electron chi connectivity index (χ0n) is 17.0. The summed E-state index contributed by atoms with van der Waals surface area (Å²) in [4.78, 5) is 11.6. The second kappa shape index (κ2) is 6.68. The molecule has 1 aromatic carbocycles. The molecule has 0 saturated carbocycles. The zero-order chi connectivity index (χ0) is 20.3. The fourth-order valence-electron chi connectivity index (χ4n) is 5.05. The van der Waals surface area contributed by atoms with Crippen LogP contribution in [0.15, 0.2) is 42.6 Å².